The predicted octanol–water partition coefficient (Wildman–Crippen LogP) is -0.248. The molecule has 31 heteroatoms. The Kier molecular flexibility index (Phi) is 42.6. The number of ether oxygens (including phenoxy) is 10. The molecule has 18 N–H and O–H groups in total. The standard InChI is InChI=1S/C70H127N3O28/c1-5-7-9-11-13-15-17-19-20-22-24-26-28-30-32-34-50(82)73-43(44(81)33-31-29-27-25-23-21-18-16-14-12-10-8-6-2)40-92-68-60(90)58(88)63(48(38-77)96-68)99-70-61(91)65(64(49(39-78)97-70)100-66-51(71-41(3)79)55(85)53(83)45(35-74)93-66)101-67-52(72-42(4)80)56(86)62(47(37-76)95-67)98-69-59(89)57(87)54(84)46(36-75)94-69/h31,33,43-49,51-70,74-78,81,83-91H,5-30,32,34-40H2,1-4H3,(H,71,79)(H,72,80)(H,73,82)/b33-31+/t43-,44+,45?,46?,47?,48?,49?,51?,52?,53-,54-,55+,56+,57-,58+,59?,60?,61?,62+,63+,64-,65+,66-,67-,68+,69-,70-/m0/s1. The Labute approximate surface area is 594 Å². The molecule has 5 fully saturated rings. The van der Waals surface area contributed by atoms with E-state index in [9.17, 15) is 91.0 Å². The zero-order chi connectivity index (χ0) is 74.0. The van der Waals surface area contributed by atoms with Gasteiger partial charge in [0.15, 0.2) is 31.5 Å². The van der Waals surface area contributed by atoms with Gasteiger partial charge in [0.05, 0.1) is 51.8 Å². The van der Waals surface area contributed by atoms with Gasteiger partial charge in [0.2, 0.25) is 17.7 Å². The third-order valence-electron chi connectivity index (χ3n) is 19.6. The molecule has 5 saturated heterocycles. The van der Waals surface area contributed by atoms with Gasteiger partial charge in [-0.15, -0.1) is 0 Å². The third kappa shape index (κ3) is 28.3. The summed E-state index contributed by atoms with van der Waals surface area (Å²) in [5.74, 6) is -1.97. The van der Waals surface area contributed by atoms with Crippen LogP contribution in [0.1, 0.15) is 207 Å². The molecule has 590 valence electrons. The van der Waals surface area contributed by atoms with Crippen molar-refractivity contribution in [2.75, 3.05) is 39.6 Å². The molecule has 0 bridgehead atoms. The minimum Gasteiger partial charge on any atom is -0.394 e. The highest BCUT2D eigenvalue weighted by atomic mass is 16.8. The Hall–Kier alpha value is -2.85. The van der Waals surface area contributed by atoms with Crippen LogP contribution in [0.15, 0.2) is 12.2 Å². The van der Waals surface area contributed by atoms with Crippen molar-refractivity contribution in [2.45, 2.75) is 373 Å². The number of allylic oxidation sites excluding steroid dienone is 1. The van der Waals surface area contributed by atoms with Crippen molar-refractivity contribution >= 4 is 17.7 Å². The molecule has 0 saturated carbocycles. The first-order valence-electron chi connectivity index (χ1n) is 37.5. The van der Waals surface area contributed by atoms with E-state index in [1.807, 2.05) is 6.08 Å². The fourth-order valence-electron chi connectivity index (χ4n) is 13.6. The first-order valence-corrected chi connectivity index (χ1v) is 37.5. The molecule has 31 nitrogen and oxygen atoms in total. The summed E-state index contributed by atoms with van der Waals surface area (Å²) in [5, 5.41) is 174. The SMILES string of the molecule is CCCCCCCCCCCCC/C=C/[C@@H](O)[C@H](CO[C@@H]1OC(CO)[C@@H](O[C@@H]2OC(CO)[C@H](O[C@@H]3OC(CO)[C@H](O)[C@H](O)C3NC(C)=O)[C@H](O[C@@H]3OC(CO)[C@@H](O[C@@H]4OC(CO)[C@H](O)[C@H](O)C4O)[C@H](O)C3NC(C)=O)C2O)[C@H](O)C1O)NC(=O)CCCCCCCCCCCCCCCCC. The van der Waals surface area contributed by atoms with Gasteiger partial charge in [-0.1, -0.05) is 180 Å². The number of aliphatic hydroxyl groups excluding tert-OH is 15. The Morgan fingerprint density at radius 2 is 0.743 bits per heavy atom. The minimum absolute atomic E-state index is 0.170. The number of unbranched alkanes of at least 4 members (excludes halogenated alkanes) is 25. The van der Waals surface area contributed by atoms with Gasteiger partial charge in [-0.25, -0.2) is 0 Å². The van der Waals surface area contributed by atoms with Gasteiger partial charge in [-0.3, -0.25) is 14.4 Å². The summed E-state index contributed by atoms with van der Waals surface area (Å²) in [6.07, 6.45) is -10.4. The Morgan fingerprint density at radius 1 is 0.386 bits per heavy atom. The maximum Gasteiger partial charge on any atom is 0.220 e. The van der Waals surface area contributed by atoms with E-state index in [1.165, 1.54) is 109 Å². The minimum atomic E-state index is -2.29. The Morgan fingerprint density at radius 3 is 1.22 bits per heavy atom. The molecule has 3 amide bonds. The van der Waals surface area contributed by atoms with Crippen molar-refractivity contribution in [3.05, 3.63) is 12.2 Å². The average molecular weight is 1460 g/mol. The lowest BCUT2D eigenvalue weighted by molar-refractivity contribution is -0.395. The molecule has 0 aromatic rings. The lowest BCUT2D eigenvalue weighted by Crippen LogP contribution is -2.71. The summed E-state index contributed by atoms with van der Waals surface area (Å²) in [5.41, 5.74) is 0. The highest BCUT2D eigenvalue weighted by Crippen LogP contribution is 2.38. The predicted molar refractivity (Wildman–Crippen MR) is 361 cm³/mol. The summed E-state index contributed by atoms with van der Waals surface area (Å²) in [7, 11) is 0. The highest BCUT2D eigenvalue weighted by Gasteiger charge is 2.58. The van der Waals surface area contributed by atoms with Gasteiger partial charge in [-0.05, 0) is 19.3 Å². The maximum absolute atomic E-state index is 13.6. The van der Waals surface area contributed by atoms with Crippen molar-refractivity contribution in [1.29, 1.82) is 0 Å². The topological polar surface area (TPSA) is 483 Å². The summed E-state index contributed by atoms with van der Waals surface area (Å²) < 4.78 is 60.2. The van der Waals surface area contributed by atoms with Gasteiger partial charge in [0.25, 0.3) is 0 Å². The van der Waals surface area contributed by atoms with E-state index < -0.39 is 217 Å². The van der Waals surface area contributed by atoms with Crippen LogP contribution in [0.25, 0.3) is 0 Å². The summed E-state index contributed by atoms with van der Waals surface area (Å²) >= 11 is 0. The van der Waals surface area contributed by atoms with Crippen LogP contribution in [0.3, 0.4) is 0 Å². The normalized spacial score (nSPS) is 35.3. The zero-order valence-electron chi connectivity index (χ0n) is 59.8. The maximum atomic E-state index is 13.6. The van der Waals surface area contributed by atoms with Crippen molar-refractivity contribution in [3.8, 4) is 0 Å². The number of hydrogen-bond donors (Lipinski definition) is 18. The molecule has 27 atom stereocenters. The smallest absolute Gasteiger partial charge is 0.220 e. The van der Waals surface area contributed by atoms with E-state index in [-0.39, 0.29) is 12.3 Å². The number of hydrogen-bond acceptors (Lipinski definition) is 28. The molecule has 0 radical (unpaired) electrons. The van der Waals surface area contributed by atoms with E-state index >= 15 is 0 Å². The molecule has 0 aliphatic carbocycles. The highest BCUT2D eigenvalue weighted by molar-refractivity contribution is 5.76. The third-order valence-corrected chi connectivity index (χ3v) is 19.6. The Balaban J connectivity index is 1.33. The fraction of sp³-hybridized carbons (Fsp3) is 0.929. The largest absolute Gasteiger partial charge is 0.394 e. The molecule has 0 aromatic heterocycles. The number of aliphatic hydroxyl groups is 15. The quantitative estimate of drug-likeness (QED) is 0.0276. The number of rotatable bonds is 49. The molecule has 5 rings (SSSR count). The van der Waals surface area contributed by atoms with Crippen LogP contribution in [0.2, 0.25) is 0 Å². The number of carbonyl (C=O) groups is 3. The van der Waals surface area contributed by atoms with Crippen LogP contribution < -0.4 is 16.0 Å². The van der Waals surface area contributed by atoms with Crippen LogP contribution in [0.5, 0.6) is 0 Å². The molecular weight excluding hydrogens is 1330 g/mol. The van der Waals surface area contributed by atoms with E-state index in [4.69, 9.17) is 47.4 Å². The van der Waals surface area contributed by atoms with Crippen LogP contribution in [-0.2, 0) is 61.8 Å². The van der Waals surface area contributed by atoms with Crippen LogP contribution in [0, 0.1) is 0 Å². The zero-order valence-corrected chi connectivity index (χ0v) is 59.8. The van der Waals surface area contributed by atoms with E-state index in [0.29, 0.717) is 12.8 Å². The van der Waals surface area contributed by atoms with Gasteiger partial charge >= 0.3 is 0 Å². The number of nitrogens with one attached hydrogen (secondary N) is 3. The molecule has 0 aromatic carbocycles. The Bertz CT molecular complexity index is 2270. The molecule has 101 heavy (non-hydrogen) atoms. The van der Waals surface area contributed by atoms with E-state index in [0.717, 1.165) is 65.2 Å². The fourth-order valence-corrected chi connectivity index (χ4v) is 13.6. The monoisotopic (exact) mass is 1460 g/mol. The van der Waals surface area contributed by atoms with Crippen molar-refractivity contribution in [2.24, 2.45) is 0 Å². The average Bonchev–Trinajstić information content (AvgIpc) is 0.768. The van der Waals surface area contributed by atoms with Gasteiger partial charge in [0.1, 0.15) is 122 Å². The van der Waals surface area contributed by atoms with Gasteiger partial charge < -0.3 is 140 Å². The van der Waals surface area contributed by atoms with E-state index in [1.54, 1.807) is 6.08 Å². The second kappa shape index (κ2) is 48.5. The molecule has 5 aliphatic heterocycles. The first-order chi connectivity index (χ1) is 48.6. The first kappa shape index (κ1) is 88.8. The van der Waals surface area contributed by atoms with Gasteiger partial charge in [0, 0.05) is 20.3 Å². The molecular formula is C70H127N3O28. The van der Waals surface area contributed by atoms with Crippen LogP contribution in [0.4, 0.5) is 0 Å². The van der Waals surface area contributed by atoms with Crippen molar-refractivity contribution in [3.63, 3.8) is 0 Å². The van der Waals surface area contributed by atoms with E-state index in [2.05, 4.69) is 29.8 Å². The van der Waals surface area contributed by atoms with Crippen molar-refractivity contribution < 1.29 is 138 Å². The van der Waals surface area contributed by atoms with Crippen LogP contribution >= 0.6 is 0 Å². The summed E-state index contributed by atoms with van der Waals surface area (Å²) in [4.78, 5) is 39.0. The number of amides is 3. The number of carbonyl (C=O) groups excluding carboxylic acids is 3. The van der Waals surface area contributed by atoms with Crippen molar-refractivity contribution in [1.82, 2.24) is 16.0 Å². The molecule has 0 spiro atoms. The second-order valence-corrected chi connectivity index (χ2v) is 27.8. The molecule has 5 heterocycles. The summed E-state index contributed by atoms with van der Waals surface area (Å²) in [6.45, 7) is 1.19. The van der Waals surface area contributed by atoms with Gasteiger partial charge in [-0.2, -0.15) is 0 Å². The second-order valence-electron chi connectivity index (χ2n) is 27.8. The lowest BCUT2D eigenvalue weighted by Gasteiger charge is -2.51. The summed E-state index contributed by atoms with van der Waals surface area (Å²) in [6, 6.07) is -4.56. The molecule has 10 unspecified atom stereocenters. The molecule has 5 aliphatic rings. The lowest BCUT2D eigenvalue weighted by atomic mass is 9.93. The van der Waals surface area contributed by atoms with Crippen LogP contribution in [-0.4, -0.2) is 300 Å².